The molecular weight excluding hydrogens is 317 g/mol. The first-order valence-corrected chi connectivity index (χ1v) is 7.61. The van der Waals surface area contributed by atoms with Crippen LogP contribution in [0.5, 0.6) is 0 Å². The molecule has 0 spiro atoms. The van der Waals surface area contributed by atoms with Crippen molar-refractivity contribution in [2.45, 2.75) is 18.8 Å². The Kier molecular flexibility index (Phi) is 4.53. The molecule has 1 fully saturated rings. The highest BCUT2D eigenvalue weighted by molar-refractivity contribution is 6.03. The number of esters is 2. The van der Waals surface area contributed by atoms with Gasteiger partial charge in [-0.25, -0.2) is 14.0 Å². The molecule has 128 valence electrons. The van der Waals surface area contributed by atoms with E-state index in [9.17, 15) is 14.0 Å². The van der Waals surface area contributed by atoms with Gasteiger partial charge >= 0.3 is 11.9 Å². The van der Waals surface area contributed by atoms with E-state index in [1.54, 1.807) is 12.1 Å². The molecule has 0 unspecified atom stereocenters. The second-order valence-corrected chi connectivity index (χ2v) is 5.70. The molecule has 0 atom stereocenters. The lowest BCUT2D eigenvalue weighted by atomic mass is 10.1. The standard InChI is InChI=1S/C17H18FNO5/c1-22-16(20)13-8-24-9-19(15(13)17(21)23-2)11-5-6-14(18)12(7-11)10-3-4-10/h5-7,10H,3-4,8-9H2,1-2H3. The summed E-state index contributed by atoms with van der Waals surface area (Å²) in [5.41, 5.74) is 1.32. The number of anilines is 1. The van der Waals surface area contributed by atoms with E-state index in [4.69, 9.17) is 14.2 Å². The zero-order valence-electron chi connectivity index (χ0n) is 13.5. The second kappa shape index (κ2) is 6.60. The Morgan fingerprint density at radius 1 is 1.21 bits per heavy atom. The van der Waals surface area contributed by atoms with Gasteiger partial charge in [-0.2, -0.15) is 0 Å². The first kappa shape index (κ1) is 16.4. The first-order chi connectivity index (χ1) is 11.6. The zero-order valence-corrected chi connectivity index (χ0v) is 13.5. The molecule has 0 radical (unpaired) electrons. The lowest BCUT2D eigenvalue weighted by Gasteiger charge is -2.31. The summed E-state index contributed by atoms with van der Waals surface area (Å²) < 4.78 is 28.9. The fourth-order valence-corrected chi connectivity index (χ4v) is 2.75. The average Bonchev–Trinajstić information content (AvgIpc) is 3.45. The number of carbonyl (C=O) groups is 2. The Morgan fingerprint density at radius 3 is 2.54 bits per heavy atom. The van der Waals surface area contributed by atoms with Crippen LogP contribution < -0.4 is 4.90 Å². The molecule has 2 aliphatic rings. The van der Waals surface area contributed by atoms with E-state index in [-0.39, 0.29) is 36.3 Å². The number of rotatable bonds is 4. The van der Waals surface area contributed by atoms with Gasteiger partial charge in [0.1, 0.15) is 18.2 Å². The molecule has 1 aliphatic heterocycles. The molecule has 0 bridgehead atoms. The minimum absolute atomic E-state index is 0.0513. The summed E-state index contributed by atoms with van der Waals surface area (Å²) in [6.07, 6.45) is 1.90. The molecule has 1 saturated carbocycles. The fourth-order valence-electron chi connectivity index (χ4n) is 2.75. The van der Waals surface area contributed by atoms with Crippen LogP contribution in [-0.4, -0.2) is 39.5 Å². The van der Waals surface area contributed by atoms with Crippen LogP contribution >= 0.6 is 0 Å². The van der Waals surface area contributed by atoms with Gasteiger partial charge in [0.25, 0.3) is 0 Å². The third kappa shape index (κ3) is 2.99. The average molecular weight is 335 g/mol. The molecule has 0 aromatic heterocycles. The number of hydrogen-bond acceptors (Lipinski definition) is 6. The van der Waals surface area contributed by atoms with Gasteiger partial charge in [0.05, 0.1) is 26.4 Å². The first-order valence-electron chi connectivity index (χ1n) is 7.61. The SMILES string of the molecule is COC(=O)C1=C(C(=O)OC)N(c2ccc(F)c(C3CC3)c2)COC1. The normalized spacial score (nSPS) is 17.7. The van der Waals surface area contributed by atoms with Crippen LogP contribution in [0, 0.1) is 5.82 Å². The molecule has 1 aromatic carbocycles. The minimum atomic E-state index is -0.670. The van der Waals surface area contributed by atoms with Crippen molar-refractivity contribution >= 4 is 17.6 Å². The maximum atomic E-state index is 14.0. The number of benzene rings is 1. The Bertz CT molecular complexity index is 711. The zero-order chi connectivity index (χ0) is 17.3. The summed E-state index contributed by atoms with van der Waals surface area (Å²) in [4.78, 5) is 25.7. The van der Waals surface area contributed by atoms with Crippen molar-refractivity contribution in [3.8, 4) is 0 Å². The Hall–Kier alpha value is -2.41. The Balaban J connectivity index is 2.06. The molecule has 1 aliphatic carbocycles. The largest absolute Gasteiger partial charge is 0.466 e. The van der Waals surface area contributed by atoms with Crippen LogP contribution in [0.2, 0.25) is 0 Å². The molecule has 0 saturated heterocycles. The summed E-state index contributed by atoms with van der Waals surface area (Å²) in [5.74, 6) is -1.39. The predicted molar refractivity (Wildman–Crippen MR) is 82.7 cm³/mol. The summed E-state index contributed by atoms with van der Waals surface area (Å²) in [7, 11) is 2.46. The number of ether oxygens (including phenoxy) is 3. The smallest absolute Gasteiger partial charge is 0.355 e. The number of halogens is 1. The Labute approximate surface area is 138 Å². The number of carbonyl (C=O) groups excluding carboxylic acids is 2. The maximum absolute atomic E-state index is 14.0. The van der Waals surface area contributed by atoms with Gasteiger partial charge in [-0.3, -0.25) is 0 Å². The quantitative estimate of drug-likeness (QED) is 0.785. The van der Waals surface area contributed by atoms with Crippen molar-refractivity contribution in [1.29, 1.82) is 0 Å². The van der Waals surface area contributed by atoms with E-state index >= 15 is 0 Å². The molecule has 1 heterocycles. The van der Waals surface area contributed by atoms with Crippen LogP contribution in [0.4, 0.5) is 10.1 Å². The molecule has 6 nitrogen and oxygen atoms in total. The van der Waals surface area contributed by atoms with Gasteiger partial charge in [0.15, 0.2) is 0 Å². The predicted octanol–water partition coefficient (Wildman–Crippen LogP) is 2.10. The second-order valence-electron chi connectivity index (χ2n) is 5.70. The van der Waals surface area contributed by atoms with E-state index in [1.165, 1.54) is 25.2 Å². The summed E-state index contributed by atoms with van der Waals surface area (Å²) in [5, 5.41) is 0. The van der Waals surface area contributed by atoms with Gasteiger partial charge in [-0.1, -0.05) is 0 Å². The third-order valence-corrected chi connectivity index (χ3v) is 4.14. The highest BCUT2D eigenvalue weighted by atomic mass is 19.1. The van der Waals surface area contributed by atoms with E-state index in [2.05, 4.69) is 0 Å². The molecule has 7 heteroatoms. The summed E-state index contributed by atoms with van der Waals surface area (Å²) in [6.45, 7) is 0.00491. The fraction of sp³-hybridized carbons (Fsp3) is 0.412. The maximum Gasteiger partial charge on any atom is 0.355 e. The van der Waals surface area contributed by atoms with Gasteiger partial charge < -0.3 is 19.1 Å². The highest BCUT2D eigenvalue weighted by Gasteiger charge is 2.33. The number of hydrogen-bond donors (Lipinski definition) is 0. The van der Waals surface area contributed by atoms with Crippen LogP contribution in [0.25, 0.3) is 0 Å². The monoisotopic (exact) mass is 335 g/mol. The summed E-state index contributed by atoms with van der Waals surface area (Å²) in [6, 6.07) is 4.61. The summed E-state index contributed by atoms with van der Waals surface area (Å²) >= 11 is 0. The minimum Gasteiger partial charge on any atom is -0.466 e. The van der Waals surface area contributed by atoms with Crippen LogP contribution in [0.15, 0.2) is 29.5 Å². The molecular formula is C17H18FNO5. The number of nitrogens with zero attached hydrogens (tertiary/aromatic N) is 1. The van der Waals surface area contributed by atoms with Crippen molar-refractivity contribution in [2.24, 2.45) is 0 Å². The van der Waals surface area contributed by atoms with Crippen molar-refractivity contribution in [2.75, 3.05) is 32.5 Å². The van der Waals surface area contributed by atoms with Gasteiger partial charge in [-0.15, -0.1) is 0 Å². The van der Waals surface area contributed by atoms with Crippen molar-refractivity contribution in [3.05, 3.63) is 40.8 Å². The van der Waals surface area contributed by atoms with E-state index < -0.39 is 11.9 Å². The molecule has 0 N–H and O–H groups in total. The molecule has 1 aromatic rings. The molecule has 3 rings (SSSR count). The third-order valence-electron chi connectivity index (χ3n) is 4.14. The van der Waals surface area contributed by atoms with Crippen LogP contribution in [0.1, 0.15) is 24.3 Å². The van der Waals surface area contributed by atoms with Crippen molar-refractivity contribution in [3.63, 3.8) is 0 Å². The van der Waals surface area contributed by atoms with Crippen LogP contribution in [-0.2, 0) is 23.8 Å². The molecule has 24 heavy (non-hydrogen) atoms. The molecule has 0 amide bonds. The highest BCUT2D eigenvalue weighted by Crippen LogP contribution is 2.43. The van der Waals surface area contributed by atoms with E-state index in [0.29, 0.717) is 11.3 Å². The van der Waals surface area contributed by atoms with Gasteiger partial charge in [-0.05, 0) is 42.5 Å². The van der Waals surface area contributed by atoms with Gasteiger partial charge in [0.2, 0.25) is 0 Å². The van der Waals surface area contributed by atoms with Crippen LogP contribution in [0.3, 0.4) is 0 Å². The topological polar surface area (TPSA) is 65.1 Å². The van der Waals surface area contributed by atoms with E-state index in [1.807, 2.05) is 0 Å². The lowest BCUT2D eigenvalue weighted by Crippen LogP contribution is -2.38. The van der Waals surface area contributed by atoms with Gasteiger partial charge in [0, 0.05) is 5.69 Å². The van der Waals surface area contributed by atoms with E-state index in [0.717, 1.165) is 12.8 Å². The van der Waals surface area contributed by atoms with Crippen molar-refractivity contribution in [1.82, 2.24) is 0 Å². The lowest BCUT2D eigenvalue weighted by molar-refractivity contribution is -0.140. The Morgan fingerprint density at radius 2 is 1.92 bits per heavy atom. The van der Waals surface area contributed by atoms with Crippen molar-refractivity contribution < 1.29 is 28.2 Å². The number of methoxy groups -OCH3 is 2.